The number of nitrogens with one attached hydrogen (secondary N) is 2. The molecule has 12 heavy (non-hydrogen) atoms. The molecule has 4 heteroatoms. The van der Waals surface area contributed by atoms with Gasteiger partial charge >= 0.3 is 5.97 Å². The van der Waals surface area contributed by atoms with Gasteiger partial charge in [-0.3, -0.25) is 0 Å². The van der Waals surface area contributed by atoms with E-state index in [4.69, 9.17) is 5.11 Å². The van der Waals surface area contributed by atoms with E-state index in [9.17, 15) is 4.79 Å². The fourth-order valence-corrected chi connectivity index (χ4v) is 1.21. The number of fused-ring (bicyclic) bond motifs is 1. The van der Waals surface area contributed by atoms with Crippen molar-refractivity contribution in [2.24, 2.45) is 0 Å². The minimum atomic E-state index is -0.897. The van der Waals surface area contributed by atoms with Gasteiger partial charge in [0.25, 0.3) is 0 Å². The lowest BCUT2D eigenvalue weighted by atomic mass is 10.3. The Hall–Kier alpha value is -1.71. The summed E-state index contributed by atoms with van der Waals surface area (Å²) in [6, 6.07) is 7.39. The summed E-state index contributed by atoms with van der Waals surface area (Å²) in [5.41, 5.74) is 1.68. The van der Waals surface area contributed by atoms with E-state index in [0.717, 1.165) is 11.4 Å². The number of aliphatic carboxylic acids is 1. The summed E-state index contributed by atoms with van der Waals surface area (Å²) in [4.78, 5) is 10.5. The average molecular weight is 164 g/mol. The highest BCUT2D eigenvalue weighted by Gasteiger charge is 2.24. The van der Waals surface area contributed by atoms with Crippen molar-refractivity contribution in [3.8, 4) is 0 Å². The maximum absolute atomic E-state index is 10.5. The van der Waals surface area contributed by atoms with Crippen LogP contribution >= 0.6 is 0 Å². The monoisotopic (exact) mass is 164 g/mol. The number of hydrogen-bond acceptors (Lipinski definition) is 3. The molecule has 0 radical (unpaired) electrons. The first-order chi connectivity index (χ1) is 5.77. The first-order valence-corrected chi connectivity index (χ1v) is 3.62. The molecule has 1 aromatic rings. The molecule has 2 rings (SSSR count). The molecule has 1 aromatic carbocycles. The first kappa shape index (κ1) is 6.97. The van der Waals surface area contributed by atoms with Crippen LogP contribution in [0.25, 0.3) is 0 Å². The summed E-state index contributed by atoms with van der Waals surface area (Å²) in [6.45, 7) is 0. The molecule has 0 spiro atoms. The van der Waals surface area contributed by atoms with Crippen molar-refractivity contribution in [2.45, 2.75) is 6.17 Å². The minimum Gasteiger partial charge on any atom is -0.478 e. The molecule has 1 heterocycles. The topological polar surface area (TPSA) is 61.4 Å². The predicted molar refractivity (Wildman–Crippen MR) is 45.1 cm³/mol. The lowest BCUT2D eigenvalue weighted by Gasteiger charge is -2.04. The second-order valence-electron chi connectivity index (χ2n) is 2.61. The molecule has 0 fully saturated rings. The van der Waals surface area contributed by atoms with E-state index in [1.54, 1.807) is 0 Å². The third-order valence-corrected chi connectivity index (χ3v) is 1.77. The molecule has 1 aliphatic rings. The Morgan fingerprint density at radius 2 is 1.75 bits per heavy atom. The number of hydrogen-bond donors (Lipinski definition) is 3. The molecule has 0 aromatic heterocycles. The van der Waals surface area contributed by atoms with Gasteiger partial charge in [-0.2, -0.15) is 0 Å². The summed E-state index contributed by atoms with van der Waals surface area (Å²) in [6.07, 6.45) is -0.692. The van der Waals surface area contributed by atoms with Crippen molar-refractivity contribution in [1.29, 1.82) is 0 Å². The molecule has 0 aliphatic carbocycles. The standard InChI is InChI=1S/C8H8N2O2/c11-8(12)7-9-5-3-1-2-4-6(5)10-7/h1-4,7,9-10H,(H,11,12). The van der Waals surface area contributed by atoms with Crippen LogP contribution in [-0.4, -0.2) is 17.2 Å². The van der Waals surface area contributed by atoms with Crippen LogP contribution in [0.4, 0.5) is 11.4 Å². The van der Waals surface area contributed by atoms with Gasteiger partial charge in [-0.15, -0.1) is 0 Å². The van der Waals surface area contributed by atoms with Gasteiger partial charge in [0, 0.05) is 0 Å². The van der Waals surface area contributed by atoms with Crippen molar-refractivity contribution < 1.29 is 9.90 Å². The summed E-state index contributed by atoms with van der Waals surface area (Å²) in [5.74, 6) is -0.897. The zero-order valence-electron chi connectivity index (χ0n) is 6.24. The van der Waals surface area contributed by atoms with Crippen molar-refractivity contribution in [2.75, 3.05) is 10.6 Å². The van der Waals surface area contributed by atoms with Crippen molar-refractivity contribution in [3.63, 3.8) is 0 Å². The van der Waals surface area contributed by atoms with Gasteiger partial charge in [-0.05, 0) is 12.1 Å². The highest BCUT2D eigenvalue weighted by molar-refractivity contribution is 5.88. The Morgan fingerprint density at radius 1 is 1.25 bits per heavy atom. The smallest absolute Gasteiger partial charge is 0.347 e. The Bertz CT molecular complexity index is 300. The number of rotatable bonds is 1. The number of carbonyl (C=O) groups is 1. The lowest BCUT2D eigenvalue weighted by Crippen LogP contribution is -2.31. The molecule has 3 N–H and O–H groups in total. The summed E-state index contributed by atoms with van der Waals surface area (Å²) < 4.78 is 0. The van der Waals surface area contributed by atoms with Gasteiger partial charge in [0.05, 0.1) is 11.4 Å². The molecule has 4 nitrogen and oxygen atoms in total. The Morgan fingerprint density at radius 3 is 2.17 bits per heavy atom. The number of para-hydroxylation sites is 2. The second kappa shape index (κ2) is 2.41. The van der Waals surface area contributed by atoms with E-state index in [1.165, 1.54) is 0 Å². The molecule has 1 aliphatic heterocycles. The molecule has 0 bridgehead atoms. The number of anilines is 2. The molecular formula is C8H8N2O2. The average Bonchev–Trinajstić information content (AvgIpc) is 2.46. The highest BCUT2D eigenvalue weighted by atomic mass is 16.4. The zero-order chi connectivity index (χ0) is 8.55. The van der Waals surface area contributed by atoms with Gasteiger partial charge in [0.1, 0.15) is 0 Å². The van der Waals surface area contributed by atoms with Crippen LogP contribution < -0.4 is 10.6 Å². The maximum Gasteiger partial charge on any atom is 0.347 e. The van der Waals surface area contributed by atoms with Gasteiger partial charge in [-0.1, -0.05) is 12.1 Å². The number of carboxylic acids is 1. The normalized spacial score (nSPS) is 14.7. The summed E-state index contributed by atoms with van der Waals surface area (Å²) >= 11 is 0. The quantitative estimate of drug-likeness (QED) is 0.578. The van der Waals surface area contributed by atoms with E-state index in [2.05, 4.69) is 10.6 Å². The largest absolute Gasteiger partial charge is 0.478 e. The van der Waals surface area contributed by atoms with Gasteiger partial charge in [0.15, 0.2) is 6.17 Å². The van der Waals surface area contributed by atoms with E-state index < -0.39 is 12.1 Å². The van der Waals surface area contributed by atoms with E-state index in [-0.39, 0.29) is 0 Å². The zero-order valence-corrected chi connectivity index (χ0v) is 6.24. The molecule has 62 valence electrons. The van der Waals surface area contributed by atoms with Crippen LogP contribution in [0.1, 0.15) is 0 Å². The Kier molecular flexibility index (Phi) is 1.40. The van der Waals surface area contributed by atoms with Crippen molar-refractivity contribution in [3.05, 3.63) is 24.3 Å². The van der Waals surface area contributed by atoms with Crippen LogP contribution in [0.2, 0.25) is 0 Å². The molecule has 0 saturated heterocycles. The van der Waals surface area contributed by atoms with Crippen LogP contribution in [0.3, 0.4) is 0 Å². The number of carboxylic acid groups (broad SMARTS) is 1. The first-order valence-electron chi connectivity index (χ1n) is 3.62. The summed E-state index contributed by atoms with van der Waals surface area (Å²) in [7, 11) is 0. The Labute approximate surface area is 69.2 Å². The SMILES string of the molecule is O=C(O)C1Nc2ccccc2N1. The van der Waals surface area contributed by atoms with Gasteiger partial charge < -0.3 is 15.7 Å². The predicted octanol–water partition coefficient (Wildman–Crippen LogP) is 0.935. The van der Waals surface area contributed by atoms with Crippen LogP contribution in [-0.2, 0) is 4.79 Å². The molecule has 0 amide bonds. The van der Waals surface area contributed by atoms with Crippen LogP contribution in [0.5, 0.6) is 0 Å². The lowest BCUT2D eigenvalue weighted by molar-refractivity contribution is -0.137. The fraction of sp³-hybridized carbons (Fsp3) is 0.125. The fourth-order valence-electron chi connectivity index (χ4n) is 1.21. The van der Waals surface area contributed by atoms with Crippen molar-refractivity contribution >= 4 is 17.3 Å². The molecular weight excluding hydrogens is 156 g/mol. The summed E-state index contributed by atoms with van der Waals surface area (Å²) in [5, 5.41) is 14.3. The Balaban J connectivity index is 2.27. The molecule has 0 atom stereocenters. The third-order valence-electron chi connectivity index (χ3n) is 1.77. The maximum atomic E-state index is 10.5. The van der Waals surface area contributed by atoms with Crippen LogP contribution in [0, 0.1) is 0 Å². The van der Waals surface area contributed by atoms with Gasteiger partial charge in [-0.25, -0.2) is 4.79 Å². The van der Waals surface area contributed by atoms with E-state index in [1.807, 2.05) is 24.3 Å². The highest BCUT2D eigenvalue weighted by Crippen LogP contribution is 2.27. The number of benzene rings is 1. The van der Waals surface area contributed by atoms with Gasteiger partial charge in [0.2, 0.25) is 0 Å². The van der Waals surface area contributed by atoms with Crippen molar-refractivity contribution in [1.82, 2.24) is 0 Å². The molecule has 0 unspecified atom stereocenters. The minimum absolute atomic E-state index is 0.692. The second-order valence-corrected chi connectivity index (χ2v) is 2.61. The third kappa shape index (κ3) is 0.972. The van der Waals surface area contributed by atoms with Crippen LogP contribution in [0.15, 0.2) is 24.3 Å². The molecule has 0 saturated carbocycles. The van der Waals surface area contributed by atoms with E-state index in [0.29, 0.717) is 0 Å². The van der Waals surface area contributed by atoms with E-state index >= 15 is 0 Å².